The Bertz CT molecular complexity index is 1490. The number of aryl methyl sites for hydroxylation is 1. The number of ether oxygens (including phenoxy) is 1. The number of benzene rings is 1. The summed E-state index contributed by atoms with van der Waals surface area (Å²) in [7, 11) is 0. The average Bonchev–Trinajstić information content (AvgIpc) is 2.96. The number of nitrogens with one attached hydrogen (secondary N) is 3. The van der Waals surface area contributed by atoms with E-state index in [-0.39, 0.29) is 18.1 Å². The molecule has 2 aliphatic rings. The zero-order valence-corrected chi connectivity index (χ0v) is 23.0. The number of esters is 1. The zero-order valence-electron chi connectivity index (χ0n) is 23.0. The van der Waals surface area contributed by atoms with E-state index in [4.69, 9.17) is 9.72 Å². The molecule has 1 unspecified atom stereocenters. The second-order valence-electron chi connectivity index (χ2n) is 10.3. The number of aromatic nitrogens is 5. The average molecular weight is 552 g/mol. The van der Waals surface area contributed by atoms with Crippen LogP contribution in [0.2, 0.25) is 0 Å². The molecule has 1 aromatic carbocycles. The van der Waals surface area contributed by atoms with E-state index in [0.29, 0.717) is 36.1 Å². The molecule has 0 radical (unpaired) electrons. The largest absolute Gasteiger partial charge is 0.460 e. The molecule has 0 aliphatic carbocycles. The molecule has 0 amide bonds. The van der Waals surface area contributed by atoms with E-state index in [1.807, 2.05) is 31.2 Å². The number of pyridine rings is 1. The topological polar surface area (TPSA) is 130 Å². The van der Waals surface area contributed by atoms with Gasteiger partial charge in [-0.25, -0.2) is 24.9 Å². The van der Waals surface area contributed by atoms with Gasteiger partial charge in [-0.05, 0) is 48.9 Å². The van der Waals surface area contributed by atoms with Crippen molar-refractivity contribution < 1.29 is 9.53 Å². The summed E-state index contributed by atoms with van der Waals surface area (Å²) >= 11 is 0. The van der Waals surface area contributed by atoms with E-state index >= 15 is 0 Å². The predicted molar refractivity (Wildman–Crippen MR) is 156 cm³/mol. The van der Waals surface area contributed by atoms with Crippen LogP contribution in [0.15, 0.2) is 67.0 Å². The third-order valence-corrected chi connectivity index (χ3v) is 7.16. The summed E-state index contributed by atoms with van der Waals surface area (Å²) in [4.78, 5) is 37.4. The van der Waals surface area contributed by atoms with E-state index in [2.05, 4.69) is 65.1 Å². The molecule has 2 saturated heterocycles. The molecule has 6 rings (SSSR count). The zero-order chi connectivity index (χ0) is 28.0. The summed E-state index contributed by atoms with van der Waals surface area (Å²) in [6, 6.07) is 17.9. The Balaban J connectivity index is 1.09. The van der Waals surface area contributed by atoms with Crippen LogP contribution in [0.3, 0.4) is 0 Å². The van der Waals surface area contributed by atoms with Gasteiger partial charge in [0, 0.05) is 62.9 Å². The standard InChI is InChI=1S/C30H33N9O2/c1-20-3-2-4-25(35-20)30-34-12-10-27(38-30)36-26-9-11-33-28(37-26)15-21-5-7-22(8-6-21)39-14-13-31-17-23(39)16-29(40)41-24-18-32-19-24/h2-12,23-24,31-32H,13-19H2,1H3,(H,33,34,36,37,38). The summed E-state index contributed by atoms with van der Waals surface area (Å²) in [5.41, 5.74) is 3.83. The Morgan fingerprint density at radius 2 is 1.76 bits per heavy atom. The van der Waals surface area contributed by atoms with Crippen molar-refractivity contribution in [1.82, 2.24) is 35.6 Å². The highest BCUT2D eigenvalue weighted by molar-refractivity contribution is 5.71. The summed E-state index contributed by atoms with van der Waals surface area (Å²) < 4.78 is 5.55. The van der Waals surface area contributed by atoms with Gasteiger partial charge in [-0.15, -0.1) is 0 Å². The molecule has 11 nitrogen and oxygen atoms in total. The Morgan fingerprint density at radius 1 is 0.951 bits per heavy atom. The SMILES string of the molecule is Cc1cccc(-c2nccc(Nc3ccnc(Cc4ccc(N5CCNCC5CC(=O)OC5CNC5)cc4)n3)n2)n1. The lowest BCUT2D eigenvalue weighted by molar-refractivity contribution is -0.151. The second kappa shape index (κ2) is 12.4. The van der Waals surface area contributed by atoms with Gasteiger partial charge in [0.1, 0.15) is 29.3 Å². The van der Waals surface area contributed by atoms with Crippen LogP contribution in [-0.4, -0.2) is 75.8 Å². The monoisotopic (exact) mass is 551 g/mol. The number of carbonyl (C=O) groups excluding carboxylic acids is 1. The molecule has 2 fully saturated rings. The molecule has 0 saturated carbocycles. The first-order chi connectivity index (χ1) is 20.1. The lowest BCUT2D eigenvalue weighted by atomic mass is 10.1. The molecule has 11 heteroatoms. The number of hydrogen-bond donors (Lipinski definition) is 3. The van der Waals surface area contributed by atoms with Gasteiger partial charge in [0.25, 0.3) is 0 Å². The van der Waals surface area contributed by atoms with Crippen LogP contribution in [0.4, 0.5) is 17.3 Å². The molecule has 0 bridgehead atoms. The lowest BCUT2D eigenvalue weighted by Gasteiger charge is -2.38. The maximum Gasteiger partial charge on any atom is 0.308 e. The maximum atomic E-state index is 12.5. The quantitative estimate of drug-likeness (QED) is 0.266. The van der Waals surface area contributed by atoms with E-state index < -0.39 is 0 Å². The Labute approximate surface area is 238 Å². The van der Waals surface area contributed by atoms with E-state index in [1.54, 1.807) is 18.5 Å². The van der Waals surface area contributed by atoms with Crippen molar-refractivity contribution in [2.45, 2.75) is 31.9 Å². The van der Waals surface area contributed by atoms with Crippen LogP contribution in [0.5, 0.6) is 0 Å². The van der Waals surface area contributed by atoms with Crippen molar-refractivity contribution in [2.24, 2.45) is 0 Å². The van der Waals surface area contributed by atoms with Crippen molar-refractivity contribution in [3.63, 3.8) is 0 Å². The van der Waals surface area contributed by atoms with Crippen molar-refractivity contribution in [3.05, 3.63) is 84.1 Å². The number of rotatable bonds is 9. The maximum absolute atomic E-state index is 12.5. The fourth-order valence-electron chi connectivity index (χ4n) is 4.95. The summed E-state index contributed by atoms with van der Waals surface area (Å²) in [6.45, 7) is 5.90. The van der Waals surface area contributed by atoms with Crippen molar-refractivity contribution in [2.75, 3.05) is 42.9 Å². The van der Waals surface area contributed by atoms with E-state index in [9.17, 15) is 4.79 Å². The number of hydrogen-bond acceptors (Lipinski definition) is 11. The summed E-state index contributed by atoms with van der Waals surface area (Å²) in [5.74, 6) is 2.40. The molecule has 0 spiro atoms. The van der Waals surface area contributed by atoms with Gasteiger partial charge in [0.05, 0.1) is 12.5 Å². The minimum atomic E-state index is -0.137. The van der Waals surface area contributed by atoms with Gasteiger partial charge in [-0.3, -0.25) is 4.79 Å². The Kier molecular flexibility index (Phi) is 8.06. The Hall–Kier alpha value is -4.48. The number of nitrogens with zero attached hydrogens (tertiary/aromatic N) is 6. The molecule has 3 N–H and O–H groups in total. The molecule has 1 atom stereocenters. The molecule has 5 heterocycles. The third-order valence-electron chi connectivity index (χ3n) is 7.16. The molecule has 3 aromatic heterocycles. The normalized spacial score (nSPS) is 17.1. The van der Waals surface area contributed by atoms with Crippen LogP contribution < -0.4 is 20.9 Å². The molecule has 4 aromatic rings. The van der Waals surface area contributed by atoms with Crippen LogP contribution >= 0.6 is 0 Å². The fourth-order valence-corrected chi connectivity index (χ4v) is 4.95. The van der Waals surface area contributed by atoms with Gasteiger partial charge in [-0.2, -0.15) is 0 Å². The number of carbonyl (C=O) groups is 1. The summed E-state index contributed by atoms with van der Waals surface area (Å²) in [6.07, 6.45) is 4.42. The van der Waals surface area contributed by atoms with Gasteiger partial charge in [0.2, 0.25) is 0 Å². The first-order valence-corrected chi connectivity index (χ1v) is 13.9. The van der Waals surface area contributed by atoms with Crippen molar-refractivity contribution >= 4 is 23.3 Å². The lowest BCUT2D eigenvalue weighted by Crippen LogP contribution is -2.53. The van der Waals surface area contributed by atoms with Crippen LogP contribution in [0.1, 0.15) is 23.5 Å². The Morgan fingerprint density at radius 3 is 2.54 bits per heavy atom. The van der Waals surface area contributed by atoms with Crippen LogP contribution in [0.25, 0.3) is 11.5 Å². The molecule has 2 aliphatic heterocycles. The first kappa shape index (κ1) is 26.7. The van der Waals surface area contributed by atoms with Gasteiger partial charge in [0.15, 0.2) is 5.82 Å². The van der Waals surface area contributed by atoms with Crippen molar-refractivity contribution in [1.29, 1.82) is 0 Å². The highest BCUT2D eigenvalue weighted by Gasteiger charge is 2.28. The number of piperazine rings is 1. The van der Waals surface area contributed by atoms with E-state index in [0.717, 1.165) is 55.4 Å². The fraction of sp³-hybridized carbons (Fsp3) is 0.333. The molecular weight excluding hydrogens is 518 g/mol. The highest BCUT2D eigenvalue weighted by atomic mass is 16.5. The van der Waals surface area contributed by atoms with Gasteiger partial charge < -0.3 is 25.6 Å². The third kappa shape index (κ3) is 6.82. The minimum absolute atomic E-state index is 0.0112. The smallest absolute Gasteiger partial charge is 0.308 e. The van der Waals surface area contributed by atoms with E-state index in [1.165, 1.54) is 0 Å². The summed E-state index contributed by atoms with van der Waals surface area (Å²) in [5, 5.41) is 9.80. The first-order valence-electron chi connectivity index (χ1n) is 13.9. The predicted octanol–water partition coefficient (Wildman–Crippen LogP) is 2.65. The van der Waals surface area contributed by atoms with Crippen LogP contribution in [0, 0.1) is 6.92 Å². The van der Waals surface area contributed by atoms with Crippen LogP contribution in [-0.2, 0) is 16.0 Å². The second-order valence-corrected chi connectivity index (χ2v) is 10.3. The molecular formula is C30H33N9O2. The van der Waals surface area contributed by atoms with Gasteiger partial charge >= 0.3 is 5.97 Å². The molecule has 210 valence electrons. The highest BCUT2D eigenvalue weighted by Crippen LogP contribution is 2.23. The minimum Gasteiger partial charge on any atom is -0.460 e. The van der Waals surface area contributed by atoms with Crippen molar-refractivity contribution in [3.8, 4) is 11.5 Å². The molecule has 41 heavy (non-hydrogen) atoms. The van der Waals surface area contributed by atoms with Gasteiger partial charge in [-0.1, -0.05) is 18.2 Å². The number of anilines is 3.